The zero-order chi connectivity index (χ0) is 11.7. The van der Waals surface area contributed by atoms with Gasteiger partial charge in [-0.05, 0) is 33.6 Å². The summed E-state index contributed by atoms with van der Waals surface area (Å²) >= 11 is 0. The van der Waals surface area contributed by atoms with Crippen LogP contribution in [0.2, 0.25) is 0 Å². The Bertz CT molecular complexity index is 362. The molecule has 0 bridgehead atoms. The first kappa shape index (κ1) is 12.5. The first-order valence-corrected chi connectivity index (χ1v) is 6.62. The molecule has 5 heteroatoms. The molecule has 0 aromatic carbocycles. The monoisotopic (exact) mass is 230 g/mol. The molecule has 1 fully saturated rings. The highest BCUT2D eigenvalue weighted by atomic mass is 32.2. The van der Waals surface area contributed by atoms with E-state index in [9.17, 15) is 8.42 Å². The van der Waals surface area contributed by atoms with Gasteiger partial charge < -0.3 is 0 Å². The normalized spacial score (nSPS) is 24.8. The summed E-state index contributed by atoms with van der Waals surface area (Å²) in [5.74, 6) is -0.143. The van der Waals surface area contributed by atoms with E-state index in [2.05, 4.69) is 6.07 Å². The van der Waals surface area contributed by atoms with E-state index < -0.39 is 14.8 Å². The summed E-state index contributed by atoms with van der Waals surface area (Å²) in [4.78, 5) is 0. The Labute approximate surface area is 91.9 Å². The van der Waals surface area contributed by atoms with Crippen molar-refractivity contribution in [3.8, 4) is 6.07 Å². The average Bonchev–Trinajstić information content (AvgIpc) is 2.16. The van der Waals surface area contributed by atoms with Crippen molar-refractivity contribution in [2.45, 2.75) is 38.4 Å². The predicted octanol–water partition coefficient (Wildman–Crippen LogP) is 1.35. The van der Waals surface area contributed by atoms with E-state index >= 15 is 0 Å². The van der Waals surface area contributed by atoms with Gasteiger partial charge in [-0.3, -0.25) is 0 Å². The van der Waals surface area contributed by atoms with Crippen molar-refractivity contribution >= 4 is 10.0 Å². The van der Waals surface area contributed by atoms with Crippen LogP contribution in [0.1, 0.15) is 33.6 Å². The summed E-state index contributed by atoms with van der Waals surface area (Å²) in [6.07, 6.45) is 1.60. The second kappa shape index (κ2) is 4.11. The topological polar surface area (TPSA) is 61.2 Å². The predicted molar refractivity (Wildman–Crippen MR) is 58.6 cm³/mol. The van der Waals surface area contributed by atoms with E-state index in [-0.39, 0.29) is 5.92 Å². The van der Waals surface area contributed by atoms with Gasteiger partial charge in [-0.15, -0.1) is 0 Å². The molecule has 0 spiro atoms. The number of hydrogen-bond donors (Lipinski definition) is 0. The van der Waals surface area contributed by atoms with Crippen LogP contribution in [0.3, 0.4) is 0 Å². The van der Waals surface area contributed by atoms with Crippen molar-refractivity contribution in [3.05, 3.63) is 0 Å². The highest BCUT2D eigenvalue weighted by molar-refractivity contribution is 7.90. The Morgan fingerprint density at radius 3 is 2.47 bits per heavy atom. The molecule has 1 unspecified atom stereocenters. The fourth-order valence-electron chi connectivity index (χ4n) is 1.65. The molecule has 0 N–H and O–H groups in total. The fraction of sp³-hybridized carbons (Fsp3) is 0.900. The smallest absolute Gasteiger partial charge is 0.212 e. The van der Waals surface area contributed by atoms with Crippen molar-refractivity contribution in [3.63, 3.8) is 0 Å². The van der Waals surface area contributed by atoms with E-state index in [0.29, 0.717) is 13.1 Å². The van der Waals surface area contributed by atoms with Crippen LogP contribution < -0.4 is 0 Å². The van der Waals surface area contributed by atoms with Crippen molar-refractivity contribution in [1.82, 2.24) is 4.31 Å². The van der Waals surface area contributed by atoms with Crippen LogP contribution in [0.4, 0.5) is 0 Å². The number of hydrogen-bond acceptors (Lipinski definition) is 3. The molecule has 0 aromatic heterocycles. The Morgan fingerprint density at radius 2 is 2.00 bits per heavy atom. The molecule has 0 amide bonds. The van der Waals surface area contributed by atoms with Gasteiger partial charge in [0.2, 0.25) is 10.0 Å². The van der Waals surface area contributed by atoms with Gasteiger partial charge in [-0.1, -0.05) is 0 Å². The minimum absolute atomic E-state index is 0.143. The number of rotatable bonds is 1. The Hall–Kier alpha value is -0.600. The van der Waals surface area contributed by atoms with E-state index in [1.807, 2.05) is 0 Å². The molecule has 15 heavy (non-hydrogen) atoms. The highest BCUT2D eigenvalue weighted by Crippen LogP contribution is 2.25. The maximum atomic E-state index is 12.1. The lowest BCUT2D eigenvalue weighted by Crippen LogP contribution is -2.47. The zero-order valence-electron chi connectivity index (χ0n) is 9.52. The van der Waals surface area contributed by atoms with Gasteiger partial charge in [0.15, 0.2) is 0 Å². The Balaban J connectivity index is 2.86. The van der Waals surface area contributed by atoms with Crippen molar-refractivity contribution in [1.29, 1.82) is 5.26 Å². The van der Waals surface area contributed by atoms with Crippen LogP contribution in [-0.2, 0) is 10.0 Å². The Morgan fingerprint density at radius 1 is 1.40 bits per heavy atom. The molecule has 1 saturated heterocycles. The summed E-state index contributed by atoms with van der Waals surface area (Å²) < 4.78 is 24.9. The minimum Gasteiger partial charge on any atom is -0.212 e. The number of nitriles is 1. The molecule has 1 heterocycles. The third kappa shape index (κ3) is 2.50. The van der Waals surface area contributed by atoms with Crippen LogP contribution >= 0.6 is 0 Å². The molecule has 0 radical (unpaired) electrons. The maximum absolute atomic E-state index is 12.1. The minimum atomic E-state index is -3.26. The molecule has 1 atom stereocenters. The van der Waals surface area contributed by atoms with Crippen molar-refractivity contribution < 1.29 is 8.42 Å². The fourth-order valence-corrected chi connectivity index (χ4v) is 3.17. The van der Waals surface area contributed by atoms with Crippen molar-refractivity contribution in [2.75, 3.05) is 13.1 Å². The quantitative estimate of drug-likeness (QED) is 0.683. The van der Waals surface area contributed by atoms with Gasteiger partial charge in [0.05, 0.1) is 16.7 Å². The molecule has 0 aliphatic carbocycles. The molecule has 1 aliphatic heterocycles. The van der Waals surface area contributed by atoms with E-state index in [4.69, 9.17) is 5.26 Å². The first-order valence-electron chi connectivity index (χ1n) is 5.18. The molecule has 0 aromatic rings. The third-order valence-corrected chi connectivity index (χ3v) is 5.24. The van der Waals surface area contributed by atoms with Crippen LogP contribution in [0.5, 0.6) is 0 Å². The van der Waals surface area contributed by atoms with Gasteiger partial charge in [0.1, 0.15) is 0 Å². The maximum Gasteiger partial charge on any atom is 0.219 e. The van der Waals surface area contributed by atoms with Crippen LogP contribution in [0.25, 0.3) is 0 Å². The number of sulfonamides is 1. The second-order valence-corrected chi connectivity index (χ2v) is 7.63. The summed E-state index contributed by atoms with van der Waals surface area (Å²) in [6.45, 7) is 5.99. The highest BCUT2D eigenvalue weighted by Gasteiger charge is 2.37. The summed E-state index contributed by atoms with van der Waals surface area (Å²) in [6, 6.07) is 2.15. The largest absolute Gasteiger partial charge is 0.219 e. The lowest BCUT2D eigenvalue weighted by atomic mass is 10.0. The van der Waals surface area contributed by atoms with E-state index in [0.717, 1.165) is 12.8 Å². The number of nitrogens with zero attached hydrogens (tertiary/aromatic N) is 2. The summed E-state index contributed by atoms with van der Waals surface area (Å²) in [5, 5.41) is 8.81. The van der Waals surface area contributed by atoms with Crippen molar-refractivity contribution in [2.24, 2.45) is 5.92 Å². The average molecular weight is 230 g/mol. The van der Waals surface area contributed by atoms with Gasteiger partial charge in [-0.2, -0.15) is 5.26 Å². The first-order chi connectivity index (χ1) is 6.79. The molecule has 86 valence electrons. The lowest BCUT2D eigenvalue weighted by molar-refractivity contribution is 0.298. The van der Waals surface area contributed by atoms with Crippen LogP contribution in [0.15, 0.2) is 0 Å². The summed E-state index contributed by atoms with van der Waals surface area (Å²) in [5.41, 5.74) is 0. The molecule has 1 aliphatic rings. The lowest BCUT2D eigenvalue weighted by Gasteiger charge is -2.34. The molecule has 0 saturated carbocycles. The zero-order valence-corrected chi connectivity index (χ0v) is 10.3. The van der Waals surface area contributed by atoms with E-state index in [1.54, 1.807) is 20.8 Å². The standard InChI is InChI=1S/C10H18N2O2S/c1-10(2,3)15(13,14)12-6-4-5-9(7-11)8-12/h9H,4-6,8H2,1-3H3. The van der Waals surface area contributed by atoms with Gasteiger partial charge in [0, 0.05) is 13.1 Å². The summed E-state index contributed by atoms with van der Waals surface area (Å²) in [7, 11) is -3.26. The van der Waals surface area contributed by atoms with Crippen LogP contribution in [-0.4, -0.2) is 30.6 Å². The van der Waals surface area contributed by atoms with E-state index in [1.165, 1.54) is 4.31 Å². The second-order valence-electron chi connectivity index (χ2n) is 4.94. The third-order valence-electron chi connectivity index (χ3n) is 2.68. The number of piperidine rings is 1. The molecule has 4 nitrogen and oxygen atoms in total. The molecular formula is C10H18N2O2S. The molecular weight excluding hydrogens is 212 g/mol. The van der Waals surface area contributed by atoms with Crippen LogP contribution in [0, 0.1) is 17.2 Å². The van der Waals surface area contributed by atoms with Gasteiger partial charge in [0.25, 0.3) is 0 Å². The SMILES string of the molecule is CC(C)(C)S(=O)(=O)N1CCCC(C#N)C1. The molecule has 1 rings (SSSR count). The van der Waals surface area contributed by atoms with Gasteiger partial charge in [-0.25, -0.2) is 12.7 Å². The van der Waals surface area contributed by atoms with Gasteiger partial charge >= 0.3 is 0 Å². The Kier molecular flexibility index (Phi) is 3.41.